The second kappa shape index (κ2) is 4.71. The smallest absolute Gasteiger partial charge is 0.228 e. The lowest BCUT2D eigenvalue weighted by molar-refractivity contribution is 0.625. The average molecular weight is 255 g/mol. The SMILES string of the molecule is CN(C)c1nc(CCl)nn1-c1cccc(F)c1. The number of rotatable bonds is 3. The highest BCUT2D eigenvalue weighted by atomic mass is 35.5. The predicted molar refractivity (Wildman–Crippen MR) is 65.2 cm³/mol. The number of nitrogens with zero attached hydrogens (tertiary/aromatic N) is 4. The van der Waals surface area contributed by atoms with Crippen LogP contribution >= 0.6 is 11.6 Å². The Morgan fingerprint density at radius 2 is 2.18 bits per heavy atom. The molecule has 0 N–H and O–H groups in total. The average Bonchev–Trinajstić information content (AvgIpc) is 2.73. The molecule has 0 aliphatic rings. The van der Waals surface area contributed by atoms with Crippen LogP contribution in [0.3, 0.4) is 0 Å². The third-order valence-corrected chi connectivity index (χ3v) is 2.45. The molecular weight excluding hydrogens is 243 g/mol. The maximum Gasteiger partial charge on any atom is 0.228 e. The van der Waals surface area contributed by atoms with Gasteiger partial charge in [-0.3, -0.25) is 0 Å². The highest BCUT2D eigenvalue weighted by Crippen LogP contribution is 2.17. The van der Waals surface area contributed by atoms with E-state index in [-0.39, 0.29) is 11.7 Å². The van der Waals surface area contributed by atoms with Crippen molar-refractivity contribution in [3.05, 3.63) is 35.9 Å². The predicted octanol–water partition coefficient (Wildman–Crippen LogP) is 2.21. The monoisotopic (exact) mass is 254 g/mol. The number of benzene rings is 1. The van der Waals surface area contributed by atoms with Gasteiger partial charge in [0.25, 0.3) is 0 Å². The van der Waals surface area contributed by atoms with Crippen LogP contribution in [0, 0.1) is 5.82 Å². The van der Waals surface area contributed by atoms with Crippen molar-refractivity contribution in [3.63, 3.8) is 0 Å². The van der Waals surface area contributed by atoms with Crippen molar-refractivity contribution in [2.75, 3.05) is 19.0 Å². The van der Waals surface area contributed by atoms with Gasteiger partial charge < -0.3 is 4.90 Å². The lowest BCUT2D eigenvalue weighted by Crippen LogP contribution is -2.15. The molecule has 0 atom stereocenters. The number of alkyl halides is 1. The first-order chi connectivity index (χ1) is 8.11. The fourth-order valence-corrected chi connectivity index (χ4v) is 1.59. The first-order valence-electron chi connectivity index (χ1n) is 5.07. The van der Waals surface area contributed by atoms with E-state index in [1.807, 2.05) is 14.1 Å². The maximum absolute atomic E-state index is 13.2. The summed E-state index contributed by atoms with van der Waals surface area (Å²) in [5, 5.41) is 4.23. The van der Waals surface area contributed by atoms with E-state index in [4.69, 9.17) is 11.6 Å². The third-order valence-electron chi connectivity index (χ3n) is 2.21. The number of aromatic nitrogens is 3. The quantitative estimate of drug-likeness (QED) is 0.788. The Balaban J connectivity index is 2.53. The zero-order valence-corrected chi connectivity index (χ0v) is 10.3. The van der Waals surface area contributed by atoms with Crippen molar-refractivity contribution in [1.29, 1.82) is 0 Å². The van der Waals surface area contributed by atoms with Gasteiger partial charge in [0.2, 0.25) is 5.95 Å². The van der Waals surface area contributed by atoms with Crippen LogP contribution in [-0.4, -0.2) is 28.9 Å². The Labute approximate surface area is 104 Å². The second-order valence-corrected chi connectivity index (χ2v) is 4.02. The molecule has 1 aromatic carbocycles. The Morgan fingerprint density at radius 1 is 1.41 bits per heavy atom. The maximum atomic E-state index is 13.2. The van der Waals surface area contributed by atoms with Crippen LogP contribution in [0.1, 0.15) is 5.82 Å². The van der Waals surface area contributed by atoms with E-state index < -0.39 is 0 Å². The van der Waals surface area contributed by atoms with Gasteiger partial charge in [-0.05, 0) is 18.2 Å². The van der Waals surface area contributed by atoms with Crippen LogP contribution in [0.25, 0.3) is 5.69 Å². The van der Waals surface area contributed by atoms with Gasteiger partial charge in [-0.25, -0.2) is 4.39 Å². The lowest BCUT2D eigenvalue weighted by atomic mass is 10.3. The van der Waals surface area contributed by atoms with Gasteiger partial charge in [0.05, 0.1) is 11.6 Å². The molecule has 0 saturated heterocycles. The molecule has 0 aliphatic heterocycles. The van der Waals surface area contributed by atoms with Crippen LogP contribution in [0.4, 0.5) is 10.3 Å². The first-order valence-corrected chi connectivity index (χ1v) is 5.60. The van der Waals surface area contributed by atoms with Crippen molar-refractivity contribution in [2.24, 2.45) is 0 Å². The molecule has 17 heavy (non-hydrogen) atoms. The van der Waals surface area contributed by atoms with Crippen LogP contribution in [0.5, 0.6) is 0 Å². The molecule has 0 saturated carbocycles. The second-order valence-electron chi connectivity index (χ2n) is 3.75. The van der Waals surface area contributed by atoms with Gasteiger partial charge in [0.15, 0.2) is 5.82 Å². The molecule has 1 heterocycles. The summed E-state index contributed by atoms with van der Waals surface area (Å²) in [6.07, 6.45) is 0. The van der Waals surface area contributed by atoms with Crippen LogP contribution in [0.15, 0.2) is 24.3 Å². The minimum absolute atomic E-state index is 0.225. The van der Waals surface area contributed by atoms with E-state index in [0.717, 1.165) is 0 Å². The van der Waals surface area contributed by atoms with Crippen molar-refractivity contribution in [3.8, 4) is 5.69 Å². The molecule has 4 nitrogen and oxygen atoms in total. The number of hydrogen-bond acceptors (Lipinski definition) is 3. The normalized spacial score (nSPS) is 10.6. The topological polar surface area (TPSA) is 34.0 Å². The third kappa shape index (κ3) is 2.39. The van der Waals surface area contributed by atoms with E-state index in [1.54, 1.807) is 21.7 Å². The van der Waals surface area contributed by atoms with Gasteiger partial charge in [-0.15, -0.1) is 16.7 Å². The Morgan fingerprint density at radius 3 is 2.76 bits per heavy atom. The summed E-state index contributed by atoms with van der Waals surface area (Å²) in [6.45, 7) is 0. The number of anilines is 1. The van der Waals surface area contributed by atoms with Crippen molar-refractivity contribution < 1.29 is 4.39 Å². The zero-order valence-electron chi connectivity index (χ0n) is 9.56. The summed E-state index contributed by atoms with van der Waals surface area (Å²) >= 11 is 5.70. The molecule has 2 aromatic rings. The Kier molecular flexibility index (Phi) is 3.28. The van der Waals surface area contributed by atoms with Crippen molar-refractivity contribution in [1.82, 2.24) is 14.8 Å². The first kappa shape index (κ1) is 11.9. The van der Waals surface area contributed by atoms with Gasteiger partial charge >= 0.3 is 0 Å². The molecule has 0 amide bonds. The fourth-order valence-electron chi connectivity index (χ4n) is 1.47. The summed E-state index contributed by atoms with van der Waals surface area (Å²) in [4.78, 5) is 6.06. The summed E-state index contributed by atoms with van der Waals surface area (Å²) in [7, 11) is 3.69. The molecule has 0 unspecified atom stereocenters. The Hall–Kier alpha value is -1.62. The van der Waals surface area contributed by atoms with Crippen LogP contribution in [0.2, 0.25) is 0 Å². The van der Waals surface area contributed by atoms with Gasteiger partial charge in [-0.1, -0.05) is 6.07 Å². The summed E-state index contributed by atoms with van der Waals surface area (Å²) in [5.74, 6) is 1.05. The molecule has 0 bridgehead atoms. The highest BCUT2D eigenvalue weighted by Gasteiger charge is 2.12. The van der Waals surface area contributed by atoms with Crippen LogP contribution < -0.4 is 4.90 Å². The lowest BCUT2D eigenvalue weighted by Gasteiger charge is -2.12. The molecule has 0 spiro atoms. The van der Waals surface area contributed by atoms with E-state index in [2.05, 4.69) is 10.1 Å². The zero-order chi connectivity index (χ0) is 12.4. The molecule has 90 valence electrons. The largest absolute Gasteiger partial charge is 0.347 e. The van der Waals surface area contributed by atoms with Crippen molar-refractivity contribution >= 4 is 17.5 Å². The van der Waals surface area contributed by atoms with Gasteiger partial charge in [0, 0.05) is 14.1 Å². The molecular formula is C11H12ClFN4. The minimum Gasteiger partial charge on any atom is -0.347 e. The van der Waals surface area contributed by atoms with E-state index in [1.165, 1.54) is 12.1 Å². The molecule has 2 rings (SSSR count). The van der Waals surface area contributed by atoms with Gasteiger partial charge in [-0.2, -0.15) is 9.67 Å². The van der Waals surface area contributed by atoms with Crippen molar-refractivity contribution in [2.45, 2.75) is 5.88 Å². The summed E-state index contributed by atoms with van der Waals surface area (Å²) in [5.41, 5.74) is 0.623. The molecule has 0 aliphatic carbocycles. The van der Waals surface area contributed by atoms with Crippen LogP contribution in [-0.2, 0) is 5.88 Å². The fraction of sp³-hybridized carbons (Fsp3) is 0.273. The Bertz CT molecular complexity index is 524. The van der Waals surface area contributed by atoms with E-state index >= 15 is 0 Å². The highest BCUT2D eigenvalue weighted by molar-refractivity contribution is 6.16. The summed E-state index contributed by atoms with van der Waals surface area (Å²) in [6, 6.07) is 6.19. The summed E-state index contributed by atoms with van der Waals surface area (Å²) < 4.78 is 14.7. The molecule has 6 heteroatoms. The van der Waals surface area contributed by atoms with Gasteiger partial charge in [0.1, 0.15) is 5.82 Å². The number of hydrogen-bond donors (Lipinski definition) is 0. The standard InChI is InChI=1S/C11H12ClFN4/c1-16(2)11-14-10(7-12)15-17(11)9-5-3-4-8(13)6-9/h3-6H,7H2,1-2H3. The number of halogens is 2. The molecule has 0 fully saturated rings. The van der Waals surface area contributed by atoms with E-state index in [9.17, 15) is 4.39 Å². The molecule has 0 radical (unpaired) electrons. The van der Waals surface area contributed by atoms with E-state index in [0.29, 0.717) is 17.5 Å². The minimum atomic E-state index is -0.310. The molecule has 1 aromatic heterocycles.